The van der Waals surface area contributed by atoms with Crippen LogP contribution in [0, 0.1) is 0 Å². The zero-order valence-corrected chi connectivity index (χ0v) is 8.76. The van der Waals surface area contributed by atoms with Crippen molar-refractivity contribution in [3.05, 3.63) is 0 Å². The van der Waals surface area contributed by atoms with E-state index >= 15 is 0 Å². The minimum atomic E-state index is -0.920. The summed E-state index contributed by atoms with van der Waals surface area (Å²) in [5.41, 5.74) is 5.55. The molecule has 0 bridgehead atoms. The van der Waals surface area contributed by atoms with Crippen LogP contribution in [-0.2, 0) is 9.53 Å². The molecule has 3 unspecified atom stereocenters. The van der Waals surface area contributed by atoms with Gasteiger partial charge in [0.05, 0.1) is 12.7 Å². The zero-order chi connectivity index (χ0) is 10.8. The third-order valence-electron chi connectivity index (χ3n) is 3.35. The van der Waals surface area contributed by atoms with Crippen LogP contribution < -0.4 is 5.73 Å². The van der Waals surface area contributed by atoms with E-state index in [2.05, 4.69) is 4.90 Å². The number of nitrogens with two attached hydrogens (primary N) is 1. The van der Waals surface area contributed by atoms with Crippen LogP contribution in [0.3, 0.4) is 0 Å². The molecule has 2 fully saturated rings. The lowest BCUT2D eigenvalue weighted by Crippen LogP contribution is -2.53. The maximum Gasteiger partial charge on any atom is 0.321 e. The molecule has 0 radical (unpaired) electrons. The number of carboxylic acids is 1. The SMILES string of the molecule is NC(CN1CCOC2CCCC21)C(=O)O. The number of carbonyl (C=O) groups is 1. The van der Waals surface area contributed by atoms with E-state index in [1.165, 1.54) is 6.42 Å². The lowest BCUT2D eigenvalue weighted by Gasteiger charge is -2.38. The van der Waals surface area contributed by atoms with Gasteiger partial charge in [-0.15, -0.1) is 0 Å². The van der Waals surface area contributed by atoms with Gasteiger partial charge in [-0.25, -0.2) is 0 Å². The van der Waals surface area contributed by atoms with Crippen LogP contribution in [0.4, 0.5) is 0 Å². The van der Waals surface area contributed by atoms with Gasteiger partial charge in [0.25, 0.3) is 0 Å². The Bertz CT molecular complexity index is 247. The maximum absolute atomic E-state index is 10.7. The van der Waals surface area contributed by atoms with E-state index in [0.717, 1.165) is 19.4 Å². The van der Waals surface area contributed by atoms with Crippen LogP contribution in [0.25, 0.3) is 0 Å². The Morgan fingerprint density at radius 2 is 2.40 bits per heavy atom. The summed E-state index contributed by atoms with van der Waals surface area (Å²) in [5.74, 6) is -0.920. The number of nitrogens with zero attached hydrogens (tertiary/aromatic N) is 1. The molecular weight excluding hydrogens is 196 g/mol. The molecule has 1 aliphatic carbocycles. The summed E-state index contributed by atoms with van der Waals surface area (Å²) in [5, 5.41) is 8.77. The zero-order valence-electron chi connectivity index (χ0n) is 8.76. The first-order valence-electron chi connectivity index (χ1n) is 5.52. The Kier molecular flexibility index (Phi) is 3.23. The molecule has 2 aliphatic rings. The average Bonchev–Trinajstić information content (AvgIpc) is 2.66. The molecule has 1 heterocycles. The van der Waals surface area contributed by atoms with Gasteiger partial charge in [0.15, 0.2) is 0 Å². The molecule has 0 aromatic heterocycles. The summed E-state index contributed by atoms with van der Waals surface area (Å²) in [4.78, 5) is 12.9. The molecule has 5 nitrogen and oxygen atoms in total. The maximum atomic E-state index is 10.7. The smallest absolute Gasteiger partial charge is 0.321 e. The van der Waals surface area contributed by atoms with Crippen molar-refractivity contribution in [2.24, 2.45) is 5.73 Å². The molecular formula is C10H18N2O3. The van der Waals surface area contributed by atoms with Gasteiger partial charge in [-0.2, -0.15) is 0 Å². The van der Waals surface area contributed by atoms with E-state index in [0.29, 0.717) is 25.3 Å². The molecule has 15 heavy (non-hydrogen) atoms. The van der Waals surface area contributed by atoms with Gasteiger partial charge < -0.3 is 15.6 Å². The van der Waals surface area contributed by atoms with Crippen molar-refractivity contribution >= 4 is 5.97 Å². The number of hydrogen-bond donors (Lipinski definition) is 2. The molecule has 5 heteroatoms. The number of fused-ring (bicyclic) bond motifs is 1. The van der Waals surface area contributed by atoms with Crippen LogP contribution in [-0.4, -0.2) is 53.9 Å². The highest BCUT2D eigenvalue weighted by molar-refractivity contribution is 5.73. The van der Waals surface area contributed by atoms with Gasteiger partial charge in [-0.05, 0) is 19.3 Å². The Morgan fingerprint density at radius 3 is 3.13 bits per heavy atom. The van der Waals surface area contributed by atoms with Gasteiger partial charge in [0.1, 0.15) is 6.04 Å². The largest absolute Gasteiger partial charge is 0.480 e. The second kappa shape index (κ2) is 4.47. The molecule has 0 aromatic rings. The number of hydrogen-bond acceptors (Lipinski definition) is 4. The molecule has 1 saturated carbocycles. The molecule has 2 rings (SSSR count). The Hall–Kier alpha value is -0.650. The van der Waals surface area contributed by atoms with Crippen molar-refractivity contribution in [2.45, 2.75) is 37.5 Å². The standard InChI is InChI=1S/C10H18N2O3/c11-7(10(13)14)6-12-4-5-15-9-3-1-2-8(9)12/h7-9H,1-6,11H2,(H,13,14). The van der Waals surface area contributed by atoms with E-state index in [9.17, 15) is 4.79 Å². The van der Waals surface area contributed by atoms with Crippen LogP contribution in [0.15, 0.2) is 0 Å². The van der Waals surface area contributed by atoms with Crippen LogP contribution in [0.2, 0.25) is 0 Å². The molecule has 3 atom stereocenters. The van der Waals surface area contributed by atoms with E-state index in [1.807, 2.05) is 0 Å². The molecule has 1 saturated heterocycles. The molecule has 0 amide bonds. The number of rotatable bonds is 3. The molecule has 0 aromatic carbocycles. The van der Waals surface area contributed by atoms with Crippen molar-refractivity contribution in [2.75, 3.05) is 19.7 Å². The Morgan fingerprint density at radius 1 is 1.60 bits per heavy atom. The van der Waals surface area contributed by atoms with Crippen molar-refractivity contribution in [1.82, 2.24) is 4.90 Å². The van der Waals surface area contributed by atoms with Crippen LogP contribution >= 0.6 is 0 Å². The Balaban J connectivity index is 1.93. The summed E-state index contributed by atoms with van der Waals surface area (Å²) in [7, 11) is 0. The quantitative estimate of drug-likeness (QED) is 0.671. The van der Waals surface area contributed by atoms with Crippen molar-refractivity contribution < 1.29 is 14.6 Å². The van der Waals surface area contributed by atoms with Gasteiger partial charge in [-0.3, -0.25) is 9.69 Å². The van der Waals surface area contributed by atoms with Gasteiger partial charge in [-0.1, -0.05) is 0 Å². The van der Waals surface area contributed by atoms with Gasteiger partial charge in [0, 0.05) is 19.1 Å². The lowest BCUT2D eigenvalue weighted by atomic mass is 10.1. The molecule has 86 valence electrons. The topological polar surface area (TPSA) is 75.8 Å². The van der Waals surface area contributed by atoms with Gasteiger partial charge in [0.2, 0.25) is 0 Å². The molecule has 1 aliphatic heterocycles. The van der Waals surface area contributed by atoms with E-state index < -0.39 is 12.0 Å². The van der Waals surface area contributed by atoms with Gasteiger partial charge >= 0.3 is 5.97 Å². The van der Waals surface area contributed by atoms with Crippen LogP contribution in [0.5, 0.6) is 0 Å². The highest BCUT2D eigenvalue weighted by Crippen LogP contribution is 2.29. The number of morpholine rings is 1. The van der Waals surface area contributed by atoms with E-state index in [-0.39, 0.29) is 0 Å². The lowest BCUT2D eigenvalue weighted by molar-refractivity contribution is -0.140. The predicted octanol–water partition coefficient (Wildman–Crippen LogP) is -0.348. The number of ether oxygens (including phenoxy) is 1. The van der Waals surface area contributed by atoms with E-state index in [1.54, 1.807) is 0 Å². The number of carboxylic acid groups (broad SMARTS) is 1. The molecule has 3 N–H and O–H groups in total. The summed E-state index contributed by atoms with van der Waals surface area (Å²) < 4.78 is 5.64. The summed E-state index contributed by atoms with van der Waals surface area (Å²) >= 11 is 0. The first kappa shape index (κ1) is 10.9. The number of aliphatic carboxylic acids is 1. The third kappa shape index (κ3) is 2.30. The first-order chi connectivity index (χ1) is 7.18. The minimum Gasteiger partial charge on any atom is -0.480 e. The summed E-state index contributed by atoms with van der Waals surface area (Å²) in [6, 6.07) is -0.381. The first-order valence-corrected chi connectivity index (χ1v) is 5.52. The van der Waals surface area contributed by atoms with Crippen molar-refractivity contribution in [1.29, 1.82) is 0 Å². The fourth-order valence-corrected chi connectivity index (χ4v) is 2.56. The van der Waals surface area contributed by atoms with Crippen molar-refractivity contribution in [3.63, 3.8) is 0 Å². The average molecular weight is 214 g/mol. The predicted molar refractivity (Wildman–Crippen MR) is 54.6 cm³/mol. The van der Waals surface area contributed by atoms with Crippen molar-refractivity contribution in [3.8, 4) is 0 Å². The summed E-state index contributed by atoms with van der Waals surface area (Å²) in [6.45, 7) is 1.95. The van der Waals surface area contributed by atoms with Crippen LogP contribution in [0.1, 0.15) is 19.3 Å². The normalized spacial score (nSPS) is 33.7. The third-order valence-corrected chi connectivity index (χ3v) is 3.35. The highest BCUT2D eigenvalue weighted by Gasteiger charge is 2.36. The Labute approximate surface area is 89.2 Å². The fraction of sp³-hybridized carbons (Fsp3) is 0.900. The molecule has 0 spiro atoms. The summed E-state index contributed by atoms with van der Waals surface area (Å²) in [6.07, 6.45) is 3.69. The minimum absolute atomic E-state index is 0.305. The fourth-order valence-electron chi connectivity index (χ4n) is 2.56. The van der Waals surface area contributed by atoms with E-state index in [4.69, 9.17) is 15.6 Å². The second-order valence-electron chi connectivity index (χ2n) is 4.35. The second-order valence-corrected chi connectivity index (χ2v) is 4.35. The highest BCUT2D eigenvalue weighted by atomic mass is 16.5. The monoisotopic (exact) mass is 214 g/mol.